The number of benzene rings is 1. The highest BCUT2D eigenvalue weighted by molar-refractivity contribution is 5.76. The zero-order valence-electron chi connectivity index (χ0n) is 12.0. The highest BCUT2D eigenvalue weighted by Gasteiger charge is 2.14. The summed E-state index contributed by atoms with van der Waals surface area (Å²) >= 11 is 0. The SMILES string of the molecule is COc1cc(CNC(=O)CCN)c(OC)c(C)c1C. The number of carbonyl (C=O) groups excluding carboxylic acids is 1. The third-order valence-electron chi connectivity index (χ3n) is 3.14. The molecule has 106 valence electrons. The zero-order chi connectivity index (χ0) is 14.4. The minimum absolute atomic E-state index is 0.0678. The maximum absolute atomic E-state index is 11.5. The van der Waals surface area contributed by atoms with Crippen molar-refractivity contribution in [3.63, 3.8) is 0 Å². The third kappa shape index (κ3) is 3.61. The van der Waals surface area contributed by atoms with Crippen molar-refractivity contribution in [2.75, 3.05) is 20.8 Å². The Labute approximate surface area is 114 Å². The first kappa shape index (κ1) is 15.3. The lowest BCUT2D eigenvalue weighted by atomic mass is 10.0. The van der Waals surface area contributed by atoms with Crippen LogP contribution >= 0.6 is 0 Å². The Morgan fingerprint density at radius 2 is 1.95 bits per heavy atom. The molecule has 1 amide bonds. The molecular weight excluding hydrogens is 244 g/mol. The van der Waals surface area contributed by atoms with Gasteiger partial charge in [-0.2, -0.15) is 0 Å². The van der Waals surface area contributed by atoms with Gasteiger partial charge in [0.1, 0.15) is 11.5 Å². The molecular formula is C14H22N2O3. The summed E-state index contributed by atoms with van der Waals surface area (Å²) in [5.74, 6) is 1.51. The molecule has 19 heavy (non-hydrogen) atoms. The minimum Gasteiger partial charge on any atom is -0.496 e. The number of methoxy groups -OCH3 is 2. The number of amides is 1. The van der Waals surface area contributed by atoms with E-state index in [9.17, 15) is 4.79 Å². The lowest BCUT2D eigenvalue weighted by Gasteiger charge is -2.17. The van der Waals surface area contributed by atoms with Crippen LogP contribution in [0.2, 0.25) is 0 Å². The van der Waals surface area contributed by atoms with Gasteiger partial charge in [0.15, 0.2) is 0 Å². The third-order valence-corrected chi connectivity index (χ3v) is 3.14. The predicted octanol–water partition coefficient (Wildman–Crippen LogP) is 1.29. The van der Waals surface area contributed by atoms with Crippen molar-refractivity contribution in [3.05, 3.63) is 22.8 Å². The van der Waals surface area contributed by atoms with Gasteiger partial charge in [0, 0.05) is 25.1 Å². The molecule has 0 aliphatic heterocycles. The predicted molar refractivity (Wildman–Crippen MR) is 74.5 cm³/mol. The summed E-state index contributed by atoms with van der Waals surface area (Å²) in [5, 5.41) is 2.82. The molecule has 5 nitrogen and oxygen atoms in total. The normalized spacial score (nSPS) is 10.2. The van der Waals surface area contributed by atoms with Crippen LogP contribution in [0.5, 0.6) is 11.5 Å². The molecule has 0 aliphatic carbocycles. The van der Waals surface area contributed by atoms with Gasteiger partial charge in [-0.1, -0.05) is 0 Å². The molecule has 0 heterocycles. The van der Waals surface area contributed by atoms with Gasteiger partial charge >= 0.3 is 0 Å². The summed E-state index contributed by atoms with van der Waals surface area (Å²) in [6, 6.07) is 1.89. The smallest absolute Gasteiger partial charge is 0.221 e. The second-order valence-electron chi connectivity index (χ2n) is 4.34. The van der Waals surface area contributed by atoms with Gasteiger partial charge in [-0.3, -0.25) is 4.79 Å². The summed E-state index contributed by atoms with van der Waals surface area (Å²) in [6.45, 7) is 4.70. The van der Waals surface area contributed by atoms with Gasteiger partial charge in [0.25, 0.3) is 0 Å². The highest BCUT2D eigenvalue weighted by Crippen LogP contribution is 2.33. The van der Waals surface area contributed by atoms with Crippen molar-refractivity contribution < 1.29 is 14.3 Å². The van der Waals surface area contributed by atoms with E-state index in [1.54, 1.807) is 14.2 Å². The average Bonchev–Trinajstić information content (AvgIpc) is 2.40. The Morgan fingerprint density at radius 3 is 2.47 bits per heavy atom. The van der Waals surface area contributed by atoms with Crippen molar-refractivity contribution in [3.8, 4) is 11.5 Å². The number of ether oxygens (including phenoxy) is 2. The summed E-state index contributed by atoms with van der Waals surface area (Å²) in [7, 11) is 3.25. The molecule has 1 aromatic carbocycles. The van der Waals surface area contributed by atoms with Crippen LogP contribution in [0.25, 0.3) is 0 Å². The van der Waals surface area contributed by atoms with E-state index in [1.165, 1.54) is 0 Å². The van der Waals surface area contributed by atoms with E-state index in [4.69, 9.17) is 15.2 Å². The first-order valence-electron chi connectivity index (χ1n) is 6.23. The van der Waals surface area contributed by atoms with Gasteiger partial charge in [-0.25, -0.2) is 0 Å². The number of hydrogen-bond donors (Lipinski definition) is 2. The molecule has 0 unspecified atom stereocenters. The largest absolute Gasteiger partial charge is 0.496 e. The van der Waals surface area contributed by atoms with Gasteiger partial charge in [-0.05, 0) is 31.0 Å². The maximum atomic E-state index is 11.5. The quantitative estimate of drug-likeness (QED) is 0.813. The Kier molecular flexibility index (Phi) is 5.63. The fourth-order valence-electron chi connectivity index (χ4n) is 1.97. The standard InChI is InChI=1S/C14H22N2O3/c1-9-10(2)14(19-4)11(7-12(9)18-3)8-16-13(17)5-6-15/h7H,5-6,8,15H2,1-4H3,(H,16,17). The molecule has 1 rings (SSSR count). The summed E-state index contributed by atoms with van der Waals surface area (Å²) in [4.78, 5) is 11.5. The molecule has 0 aliphatic rings. The molecule has 0 saturated heterocycles. The summed E-state index contributed by atoms with van der Waals surface area (Å²) in [5.41, 5.74) is 8.29. The summed E-state index contributed by atoms with van der Waals surface area (Å²) in [6.07, 6.45) is 0.324. The van der Waals surface area contributed by atoms with Crippen LogP contribution in [0.4, 0.5) is 0 Å². The van der Waals surface area contributed by atoms with Crippen molar-refractivity contribution >= 4 is 5.91 Å². The fraction of sp³-hybridized carbons (Fsp3) is 0.500. The molecule has 0 bridgehead atoms. The van der Waals surface area contributed by atoms with Crippen LogP contribution in [0.15, 0.2) is 6.07 Å². The van der Waals surface area contributed by atoms with Crippen LogP contribution in [0.3, 0.4) is 0 Å². The lowest BCUT2D eigenvalue weighted by Crippen LogP contribution is -2.25. The molecule has 0 fully saturated rings. The Bertz CT molecular complexity index is 458. The molecule has 5 heteroatoms. The van der Waals surface area contributed by atoms with E-state index < -0.39 is 0 Å². The van der Waals surface area contributed by atoms with E-state index in [2.05, 4.69) is 5.32 Å². The molecule has 0 spiro atoms. The second-order valence-corrected chi connectivity index (χ2v) is 4.34. The van der Waals surface area contributed by atoms with E-state index in [0.29, 0.717) is 19.5 Å². The molecule has 3 N–H and O–H groups in total. The number of rotatable bonds is 6. The average molecular weight is 266 g/mol. The number of carbonyl (C=O) groups is 1. The second kappa shape index (κ2) is 6.99. The Balaban J connectivity index is 2.99. The van der Waals surface area contributed by atoms with Crippen molar-refractivity contribution in [2.24, 2.45) is 5.73 Å². The molecule has 0 atom stereocenters. The van der Waals surface area contributed by atoms with Crippen LogP contribution in [0.1, 0.15) is 23.1 Å². The fourth-order valence-corrected chi connectivity index (χ4v) is 1.97. The van der Waals surface area contributed by atoms with E-state index in [0.717, 1.165) is 28.2 Å². The van der Waals surface area contributed by atoms with Gasteiger partial charge in [0.2, 0.25) is 5.91 Å². The van der Waals surface area contributed by atoms with Crippen molar-refractivity contribution in [1.29, 1.82) is 0 Å². The van der Waals surface area contributed by atoms with Crippen molar-refractivity contribution in [1.82, 2.24) is 5.32 Å². The van der Waals surface area contributed by atoms with Gasteiger partial charge in [0.05, 0.1) is 14.2 Å². The first-order valence-corrected chi connectivity index (χ1v) is 6.23. The molecule has 0 aromatic heterocycles. The topological polar surface area (TPSA) is 73.6 Å². The van der Waals surface area contributed by atoms with E-state index >= 15 is 0 Å². The minimum atomic E-state index is -0.0678. The van der Waals surface area contributed by atoms with Crippen molar-refractivity contribution in [2.45, 2.75) is 26.8 Å². The molecule has 0 saturated carbocycles. The van der Waals surface area contributed by atoms with Crippen LogP contribution in [-0.2, 0) is 11.3 Å². The number of hydrogen-bond acceptors (Lipinski definition) is 4. The zero-order valence-corrected chi connectivity index (χ0v) is 12.0. The monoisotopic (exact) mass is 266 g/mol. The molecule has 1 aromatic rings. The Hall–Kier alpha value is -1.75. The highest BCUT2D eigenvalue weighted by atomic mass is 16.5. The van der Waals surface area contributed by atoms with E-state index in [-0.39, 0.29) is 5.91 Å². The Morgan fingerprint density at radius 1 is 1.26 bits per heavy atom. The molecule has 0 radical (unpaired) electrons. The first-order chi connectivity index (χ1) is 9.04. The van der Waals surface area contributed by atoms with Gasteiger partial charge < -0.3 is 20.5 Å². The maximum Gasteiger partial charge on any atom is 0.221 e. The van der Waals surface area contributed by atoms with Crippen LogP contribution < -0.4 is 20.5 Å². The summed E-state index contributed by atoms with van der Waals surface area (Å²) < 4.78 is 10.7. The van der Waals surface area contributed by atoms with Crippen LogP contribution in [0, 0.1) is 13.8 Å². The lowest BCUT2D eigenvalue weighted by molar-refractivity contribution is -0.121. The van der Waals surface area contributed by atoms with Crippen LogP contribution in [-0.4, -0.2) is 26.7 Å². The number of nitrogens with two attached hydrogens (primary N) is 1. The van der Waals surface area contributed by atoms with E-state index in [1.807, 2.05) is 19.9 Å². The number of nitrogens with one attached hydrogen (secondary N) is 1. The van der Waals surface area contributed by atoms with Gasteiger partial charge in [-0.15, -0.1) is 0 Å².